The fourth-order valence-corrected chi connectivity index (χ4v) is 10.7. The number of carbonyl (C=O) groups is 12. The van der Waals surface area contributed by atoms with E-state index in [1.807, 2.05) is 32.6 Å². The predicted molar refractivity (Wildman–Crippen MR) is 366 cm³/mol. The molecule has 2 unspecified atom stereocenters. The number of nitrogens with two attached hydrogens (primary N) is 4. The van der Waals surface area contributed by atoms with E-state index >= 15 is 0 Å². The summed E-state index contributed by atoms with van der Waals surface area (Å²) in [4.78, 5) is 173. The number of aliphatic hydroxyl groups excluding tert-OH is 4. The van der Waals surface area contributed by atoms with Crippen LogP contribution in [0.3, 0.4) is 0 Å². The molecule has 1 fully saturated rings. The van der Waals surface area contributed by atoms with E-state index in [2.05, 4.69) is 52.8 Å². The van der Waals surface area contributed by atoms with E-state index in [9.17, 15) is 88.2 Å². The van der Waals surface area contributed by atoms with Gasteiger partial charge in [-0.25, -0.2) is 4.79 Å². The fraction of sp³-hybridized carbons (Fsp3) is 0.708. The second-order valence-corrected chi connectivity index (χ2v) is 26.9. The molecule has 0 saturated carbocycles. The van der Waals surface area contributed by atoms with Gasteiger partial charge in [0.05, 0.1) is 44.6 Å². The first-order valence-corrected chi connectivity index (χ1v) is 33.9. The second-order valence-electron chi connectivity index (χ2n) is 26.9. The summed E-state index contributed by atoms with van der Waals surface area (Å²) in [6.07, 6.45) is -5.54. The number of nitrogens with one attached hydrogen (secondary N) is 9. The molecular formula is C65H112N16O19. The molecule has 1 aromatic carbocycles. The van der Waals surface area contributed by atoms with Gasteiger partial charge >= 0.3 is 5.97 Å². The number of amides is 11. The molecular weight excluding hydrogens is 1310 g/mol. The number of rotatable bonds is 45. The molecule has 35 nitrogen and oxygen atoms in total. The molecule has 35 heteroatoms. The van der Waals surface area contributed by atoms with Gasteiger partial charge in [-0.15, -0.1) is 0 Å². The van der Waals surface area contributed by atoms with Crippen molar-refractivity contribution < 1.29 is 92.9 Å². The van der Waals surface area contributed by atoms with Gasteiger partial charge in [-0.3, -0.25) is 62.6 Å². The lowest BCUT2D eigenvalue weighted by molar-refractivity contribution is -0.155. The number of aliphatic carboxylic acids is 1. The number of phenols is 1. The summed E-state index contributed by atoms with van der Waals surface area (Å²) < 4.78 is 5.34. The highest BCUT2D eigenvalue weighted by atomic mass is 16.5. The zero-order valence-electron chi connectivity index (χ0n) is 59.4. The number of hydrogen-bond donors (Lipinski definition) is 19. The van der Waals surface area contributed by atoms with Crippen LogP contribution in [0.25, 0.3) is 0 Å². The lowest BCUT2D eigenvalue weighted by Crippen LogP contribution is -2.63. The third-order valence-corrected chi connectivity index (χ3v) is 16.5. The summed E-state index contributed by atoms with van der Waals surface area (Å²) in [5.74, 6) is -15.7. The van der Waals surface area contributed by atoms with E-state index in [-0.39, 0.29) is 87.5 Å². The summed E-state index contributed by atoms with van der Waals surface area (Å²) in [6.45, 7) is 18.0. The summed E-state index contributed by atoms with van der Waals surface area (Å²) in [5.41, 5.74) is 23.0. The third-order valence-electron chi connectivity index (χ3n) is 16.5. The van der Waals surface area contributed by atoms with Crippen LogP contribution in [-0.2, 0) is 68.7 Å². The number of ether oxygens (including phenoxy) is 1. The molecule has 100 heavy (non-hydrogen) atoms. The van der Waals surface area contributed by atoms with E-state index in [4.69, 9.17) is 27.7 Å². The van der Waals surface area contributed by atoms with Crippen molar-refractivity contribution in [3.8, 4) is 5.75 Å². The van der Waals surface area contributed by atoms with Crippen LogP contribution in [-0.4, -0.2) is 255 Å². The van der Waals surface area contributed by atoms with Crippen molar-refractivity contribution >= 4 is 76.9 Å². The van der Waals surface area contributed by atoms with Crippen molar-refractivity contribution in [1.29, 1.82) is 0 Å². The minimum absolute atomic E-state index is 0.0380. The zero-order valence-corrected chi connectivity index (χ0v) is 59.4. The maximum Gasteiger partial charge on any atom is 0.328 e. The number of guanidine groups is 1. The van der Waals surface area contributed by atoms with Crippen LogP contribution in [0.1, 0.15) is 127 Å². The summed E-state index contributed by atoms with van der Waals surface area (Å²) in [7, 11) is 0. The number of hydrogen-bond acceptors (Lipinski definition) is 21. The van der Waals surface area contributed by atoms with Crippen LogP contribution in [0.15, 0.2) is 29.3 Å². The average Bonchev–Trinajstić information content (AvgIpc) is 0.840. The molecule has 1 aliphatic heterocycles. The lowest BCUT2D eigenvalue weighted by atomic mass is 9.96. The number of aliphatic imine (C=N–C) groups is 1. The first-order chi connectivity index (χ1) is 46.8. The van der Waals surface area contributed by atoms with Crippen molar-refractivity contribution in [3.05, 3.63) is 29.8 Å². The molecule has 0 spiro atoms. The Balaban J connectivity index is 2.51. The molecule has 566 valence electrons. The van der Waals surface area contributed by atoms with Crippen LogP contribution in [0.4, 0.5) is 0 Å². The number of carbonyl (C=O) groups excluding carboxylic acids is 11. The van der Waals surface area contributed by atoms with Crippen LogP contribution in [0, 0.1) is 29.6 Å². The topological polar surface area (TPSA) is 567 Å². The number of carboxylic acid groups (broad SMARTS) is 1. The Bertz CT molecular complexity index is 2890. The Labute approximate surface area is 583 Å². The average molecular weight is 1420 g/mol. The van der Waals surface area contributed by atoms with E-state index < -0.39 is 175 Å². The maximum absolute atomic E-state index is 14.7. The number of aliphatic hydroxyl groups is 4. The minimum atomic E-state index is -2.46. The van der Waals surface area contributed by atoms with Crippen molar-refractivity contribution in [3.63, 3.8) is 0 Å². The van der Waals surface area contributed by atoms with Gasteiger partial charge in [0.15, 0.2) is 18.1 Å². The Morgan fingerprint density at radius 1 is 0.630 bits per heavy atom. The molecule has 23 N–H and O–H groups in total. The van der Waals surface area contributed by atoms with Crippen molar-refractivity contribution in [2.75, 3.05) is 59.1 Å². The number of aromatic hydroxyl groups is 1. The molecule has 1 aromatic rings. The van der Waals surface area contributed by atoms with Gasteiger partial charge in [0, 0.05) is 39.1 Å². The number of primary amides is 1. The number of nitrogens with zero attached hydrogens (tertiary/aromatic N) is 3. The number of benzene rings is 1. The van der Waals surface area contributed by atoms with Crippen LogP contribution >= 0.6 is 0 Å². The lowest BCUT2D eigenvalue weighted by Gasteiger charge is -2.34. The van der Waals surface area contributed by atoms with Crippen molar-refractivity contribution in [2.45, 2.75) is 206 Å². The van der Waals surface area contributed by atoms with E-state index in [0.717, 1.165) is 6.92 Å². The molecule has 0 aliphatic carbocycles. The highest BCUT2D eigenvalue weighted by Crippen LogP contribution is 2.18. The van der Waals surface area contributed by atoms with Crippen molar-refractivity contribution in [2.24, 2.45) is 57.5 Å². The van der Waals surface area contributed by atoms with E-state index in [0.29, 0.717) is 49.7 Å². The molecule has 0 aromatic heterocycles. The van der Waals surface area contributed by atoms with Gasteiger partial charge in [-0.05, 0) is 92.7 Å². The number of phenolic OH excluding ortho intramolecular Hbond substituents is 1. The highest BCUT2D eigenvalue weighted by Gasteiger charge is 2.42. The molecule has 1 saturated heterocycles. The quantitative estimate of drug-likeness (QED) is 0.0165. The van der Waals surface area contributed by atoms with Gasteiger partial charge in [0.25, 0.3) is 0 Å². The fourth-order valence-electron chi connectivity index (χ4n) is 10.7. The first-order valence-electron chi connectivity index (χ1n) is 33.9. The Morgan fingerprint density at radius 2 is 1.15 bits per heavy atom. The van der Waals surface area contributed by atoms with Crippen LogP contribution < -0.4 is 70.8 Å². The third kappa shape index (κ3) is 30.6. The zero-order chi connectivity index (χ0) is 75.8. The highest BCUT2D eigenvalue weighted by molar-refractivity contribution is 6.00. The van der Waals surface area contributed by atoms with Crippen molar-refractivity contribution in [1.82, 2.24) is 57.7 Å². The number of carboxylic acids is 1. The largest absolute Gasteiger partial charge is 0.508 e. The predicted octanol–water partition coefficient (Wildman–Crippen LogP) is -5.27. The second kappa shape index (κ2) is 44.0. The standard InChI is InChI=1S/C65H112N16O19/c1-12-37(10)48(61(95)78-49(38(11)83)60(94)71-31-47(85)76-51(53(87)54(67)88)63(97)81(46(32-82)64(98)99)21-15-20-80-22-24-100-25-23-80)77-56(90)42(18-14-19-70-65(68)69)72-57(91)44(28-35(6)7)75-62(96)50(52(86)36(8)9)79-59(93)45(30-39-16-13-17-40(84)29-39)74-58(92)43(27-34(4)5)73-55(89)41(66)26-33(2)3/h13,16-17,29,33-38,41-46,48-53,82-84,86-87H,12,14-15,18-28,30-32,66H2,1-11H3,(H2,67,88)(H,71,94)(H,72,91)(H,73,89)(H,74,92)(H,75,96)(H,76,85)(H,77,90)(H,78,95)(H,79,93)(H,98,99)(H4,68,69,70)/t37-,38-,41+,42+,43-,44-,45-,46-,48-,49-,50-,51-,52?,53?/m0/s1. The minimum Gasteiger partial charge on any atom is -0.508 e. The molecule has 1 heterocycles. The Kier molecular flexibility index (Phi) is 38.6. The van der Waals surface area contributed by atoms with E-state index in [1.54, 1.807) is 47.6 Å². The van der Waals surface area contributed by atoms with Gasteiger partial charge in [-0.1, -0.05) is 87.8 Å². The Hall–Kier alpha value is -8.35. The SMILES string of the molecule is CC[C@H](C)[C@H](NC(=O)[C@@H](CCCN=C(N)N)NC(=O)[C@H](CC(C)C)NC(=O)[C@@H](NC(=O)[C@H](Cc1cccc(O)c1)NC(=O)[C@H](CC(C)C)NC(=O)[C@H](N)CC(C)C)C(O)C(C)C)C(=O)N[C@H](C(=O)NCC(=O)N[C@H](C(=O)N(CCCN1CCOCC1)[C@@H](CO)C(=O)O)C(O)C(N)=O)[C@H](C)O. The molecule has 0 radical (unpaired) electrons. The molecule has 14 atom stereocenters. The van der Waals surface area contributed by atoms with Gasteiger partial charge in [0.2, 0.25) is 65.0 Å². The molecule has 11 amide bonds. The summed E-state index contributed by atoms with van der Waals surface area (Å²) in [5, 5.41) is 86.0. The molecule has 0 bridgehead atoms. The monoisotopic (exact) mass is 1420 g/mol. The molecule has 2 rings (SSSR count). The van der Waals surface area contributed by atoms with Crippen LogP contribution in [0.5, 0.6) is 5.75 Å². The smallest absolute Gasteiger partial charge is 0.328 e. The number of morpholine rings is 1. The van der Waals surface area contributed by atoms with E-state index in [1.165, 1.54) is 18.2 Å². The summed E-state index contributed by atoms with van der Waals surface area (Å²) >= 11 is 0. The van der Waals surface area contributed by atoms with Gasteiger partial charge in [-0.2, -0.15) is 0 Å². The van der Waals surface area contributed by atoms with Crippen LogP contribution in [0.2, 0.25) is 0 Å². The maximum atomic E-state index is 14.7. The van der Waals surface area contributed by atoms with Gasteiger partial charge in [0.1, 0.15) is 54.1 Å². The van der Waals surface area contributed by atoms with Gasteiger partial charge < -0.3 is 111 Å². The first kappa shape index (κ1) is 87.7. The Morgan fingerprint density at radius 3 is 1.66 bits per heavy atom. The summed E-state index contributed by atoms with van der Waals surface area (Å²) in [6, 6.07) is -10.2. The molecule has 1 aliphatic rings. The normalized spacial score (nSPS) is 16.8.